The van der Waals surface area contributed by atoms with Gasteiger partial charge in [0.1, 0.15) is 0 Å². The Bertz CT molecular complexity index is 974. The molecule has 0 unspecified atom stereocenters. The minimum absolute atomic E-state index is 0.243. The van der Waals surface area contributed by atoms with E-state index in [-0.39, 0.29) is 11.0 Å². The van der Waals surface area contributed by atoms with Crippen LogP contribution in [0.1, 0.15) is 5.56 Å². The van der Waals surface area contributed by atoms with Gasteiger partial charge in [-0.1, -0.05) is 30.3 Å². The second-order valence-electron chi connectivity index (χ2n) is 6.13. The highest BCUT2D eigenvalue weighted by molar-refractivity contribution is 7.90. The molecule has 0 spiro atoms. The first-order valence-electron chi connectivity index (χ1n) is 7.86. The van der Waals surface area contributed by atoms with Crippen LogP contribution in [0.15, 0.2) is 65.7 Å². The van der Waals surface area contributed by atoms with Crippen LogP contribution >= 0.6 is 0 Å². The van der Waals surface area contributed by atoms with E-state index in [1.54, 1.807) is 36.5 Å². The molecule has 24 heavy (non-hydrogen) atoms. The lowest BCUT2D eigenvalue weighted by Gasteiger charge is -2.35. The van der Waals surface area contributed by atoms with Crippen molar-refractivity contribution in [2.45, 2.75) is 17.5 Å². The molecule has 3 aromatic rings. The number of aliphatic hydroxyl groups is 1. The van der Waals surface area contributed by atoms with Crippen molar-refractivity contribution in [2.24, 2.45) is 0 Å². The third-order valence-electron chi connectivity index (χ3n) is 4.42. The second kappa shape index (κ2) is 5.73. The fraction of sp³-hybridized carbons (Fsp3) is 0.222. The maximum atomic E-state index is 12.9. The van der Waals surface area contributed by atoms with Gasteiger partial charge in [0.05, 0.1) is 16.5 Å². The number of rotatable bonds is 4. The van der Waals surface area contributed by atoms with Gasteiger partial charge in [0, 0.05) is 31.2 Å². The third kappa shape index (κ3) is 2.53. The SMILES string of the molecule is O=S(=O)(c1ccccc1)n1ccc2c(CN3CC(O)C3)cccc21. The van der Waals surface area contributed by atoms with Crippen molar-refractivity contribution in [1.29, 1.82) is 0 Å². The highest BCUT2D eigenvalue weighted by atomic mass is 32.2. The van der Waals surface area contributed by atoms with E-state index in [2.05, 4.69) is 4.90 Å². The quantitative estimate of drug-likeness (QED) is 0.788. The molecule has 0 atom stereocenters. The molecular weight excluding hydrogens is 324 g/mol. The molecule has 124 valence electrons. The average molecular weight is 342 g/mol. The number of likely N-dealkylation sites (tertiary alicyclic amines) is 1. The van der Waals surface area contributed by atoms with E-state index >= 15 is 0 Å². The Kier molecular flexibility index (Phi) is 3.68. The number of hydrogen-bond donors (Lipinski definition) is 1. The third-order valence-corrected chi connectivity index (χ3v) is 6.12. The highest BCUT2D eigenvalue weighted by Crippen LogP contribution is 2.26. The van der Waals surface area contributed by atoms with Crippen molar-refractivity contribution in [3.63, 3.8) is 0 Å². The van der Waals surface area contributed by atoms with Gasteiger partial charge in [0.2, 0.25) is 0 Å². The van der Waals surface area contributed by atoms with E-state index in [1.807, 2.05) is 24.3 Å². The Morgan fingerprint density at radius 2 is 1.75 bits per heavy atom. The summed E-state index contributed by atoms with van der Waals surface area (Å²) in [5.41, 5.74) is 1.75. The van der Waals surface area contributed by atoms with Crippen molar-refractivity contribution in [2.75, 3.05) is 13.1 Å². The van der Waals surface area contributed by atoms with Gasteiger partial charge in [-0.3, -0.25) is 4.90 Å². The van der Waals surface area contributed by atoms with Gasteiger partial charge in [-0.25, -0.2) is 12.4 Å². The molecule has 1 aliphatic heterocycles. The van der Waals surface area contributed by atoms with Gasteiger partial charge in [0.25, 0.3) is 10.0 Å². The Morgan fingerprint density at radius 3 is 2.46 bits per heavy atom. The van der Waals surface area contributed by atoms with Crippen LogP contribution in [-0.4, -0.2) is 41.6 Å². The van der Waals surface area contributed by atoms with Crippen LogP contribution in [0.2, 0.25) is 0 Å². The van der Waals surface area contributed by atoms with Gasteiger partial charge in [0.15, 0.2) is 0 Å². The maximum Gasteiger partial charge on any atom is 0.268 e. The molecule has 1 fully saturated rings. The molecule has 2 heterocycles. The Hall–Kier alpha value is -2.15. The summed E-state index contributed by atoms with van der Waals surface area (Å²) >= 11 is 0. The van der Waals surface area contributed by atoms with Crippen LogP contribution < -0.4 is 0 Å². The molecule has 0 aliphatic carbocycles. The van der Waals surface area contributed by atoms with Crippen LogP contribution in [-0.2, 0) is 16.6 Å². The molecule has 2 aromatic carbocycles. The molecule has 1 aliphatic rings. The van der Waals surface area contributed by atoms with Gasteiger partial charge >= 0.3 is 0 Å². The Balaban J connectivity index is 1.76. The van der Waals surface area contributed by atoms with Crippen LogP contribution in [0.4, 0.5) is 0 Å². The van der Waals surface area contributed by atoms with Crippen molar-refractivity contribution in [1.82, 2.24) is 8.87 Å². The molecule has 1 aromatic heterocycles. The fourth-order valence-corrected chi connectivity index (χ4v) is 4.54. The minimum atomic E-state index is -3.60. The van der Waals surface area contributed by atoms with E-state index in [4.69, 9.17) is 0 Å². The second-order valence-corrected chi connectivity index (χ2v) is 7.94. The van der Waals surface area contributed by atoms with Crippen molar-refractivity contribution in [3.05, 3.63) is 66.4 Å². The van der Waals surface area contributed by atoms with Gasteiger partial charge in [-0.05, 0) is 29.8 Å². The summed E-state index contributed by atoms with van der Waals surface area (Å²) in [5.74, 6) is 0. The first-order chi connectivity index (χ1) is 11.6. The van der Waals surface area contributed by atoms with Crippen LogP contribution in [0.3, 0.4) is 0 Å². The Labute approximate surface area is 140 Å². The van der Waals surface area contributed by atoms with Crippen molar-refractivity contribution < 1.29 is 13.5 Å². The number of nitrogens with zero attached hydrogens (tertiary/aromatic N) is 2. The zero-order valence-electron chi connectivity index (χ0n) is 13.0. The zero-order valence-corrected chi connectivity index (χ0v) is 13.9. The van der Waals surface area contributed by atoms with Crippen LogP contribution in [0.5, 0.6) is 0 Å². The first-order valence-corrected chi connectivity index (χ1v) is 9.30. The van der Waals surface area contributed by atoms with Gasteiger partial charge in [-0.2, -0.15) is 0 Å². The standard InChI is InChI=1S/C18H18N2O3S/c21-15-12-19(13-15)11-14-5-4-8-18-17(14)9-10-20(18)24(22,23)16-6-2-1-3-7-16/h1-10,15,21H,11-13H2. The molecule has 0 saturated carbocycles. The lowest BCUT2D eigenvalue weighted by Crippen LogP contribution is -2.49. The molecule has 1 N–H and O–H groups in total. The Morgan fingerprint density at radius 1 is 1.00 bits per heavy atom. The monoisotopic (exact) mass is 342 g/mol. The lowest BCUT2D eigenvalue weighted by atomic mass is 10.1. The van der Waals surface area contributed by atoms with Crippen molar-refractivity contribution in [3.8, 4) is 0 Å². The van der Waals surface area contributed by atoms with E-state index in [0.717, 1.165) is 10.9 Å². The smallest absolute Gasteiger partial charge is 0.268 e. The number of aromatic nitrogens is 1. The first kappa shape index (κ1) is 15.4. The highest BCUT2D eigenvalue weighted by Gasteiger charge is 2.25. The number of hydrogen-bond acceptors (Lipinski definition) is 4. The van der Waals surface area contributed by atoms with E-state index < -0.39 is 10.0 Å². The van der Waals surface area contributed by atoms with Crippen LogP contribution in [0.25, 0.3) is 10.9 Å². The van der Waals surface area contributed by atoms with Crippen LogP contribution in [0, 0.1) is 0 Å². The molecule has 5 nitrogen and oxygen atoms in total. The molecular formula is C18H18N2O3S. The van der Waals surface area contributed by atoms with Crippen molar-refractivity contribution >= 4 is 20.9 Å². The summed E-state index contributed by atoms with van der Waals surface area (Å²) in [7, 11) is -3.60. The average Bonchev–Trinajstić information content (AvgIpc) is 3.00. The molecule has 6 heteroatoms. The van der Waals surface area contributed by atoms with E-state index in [0.29, 0.717) is 25.2 Å². The number of benzene rings is 2. The zero-order chi connectivity index (χ0) is 16.7. The summed E-state index contributed by atoms with van der Waals surface area (Å²) in [6, 6.07) is 16.0. The molecule has 4 rings (SSSR count). The predicted octanol–water partition coefficient (Wildman–Crippen LogP) is 2.05. The summed E-state index contributed by atoms with van der Waals surface area (Å²) in [6.07, 6.45) is 1.37. The molecule has 0 bridgehead atoms. The minimum Gasteiger partial charge on any atom is -0.390 e. The fourth-order valence-electron chi connectivity index (χ4n) is 3.17. The summed E-state index contributed by atoms with van der Waals surface area (Å²) in [6.45, 7) is 2.04. The largest absolute Gasteiger partial charge is 0.390 e. The molecule has 0 amide bonds. The number of aliphatic hydroxyl groups excluding tert-OH is 1. The van der Waals surface area contributed by atoms with Gasteiger partial charge in [-0.15, -0.1) is 0 Å². The van der Waals surface area contributed by atoms with E-state index in [9.17, 15) is 13.5 Å². The van der Waals surface area contributed by atoms with E-state index in [1.165, 1.54) is 3.97 Å². The summed E-state index contributed by atoms with van der Waals surface area (Å²) in [5, 5.41) is 10.4. The normalized spacial score (nSPS) is 16.4. The summed E-state index contributed by atoms with van der Waals surface area (Å²) in [4.78, 5) is 2.42. The predicted molar refractivity (Wildman–Crippen MR) is 92.2 cm³/mol. The molecule has 0 radical (unpaired) electrons. The topological polar surface area (TPSA) is 62.5 Å². The number of β-amino-alcohol motifs (C(OH)–C–C–N with tert-alkyl or cyclic N) is 1. The lowest BCUT2D eigenvalue weighted by molar-refractivity contribution is -0.00263. The maximum absolute atomic E-state index is 12.9. The number of fused-ring (bicyclic) bond motifs is 1. The van der Waals surface area contributed by atoms with Gasteiger partial charge < -0.3 is 5.11 Å². The molecule has 1 saturated heterocycles. The summed E-state index contributed by atoms with van der Waals surface area (Å²) < 4.78 is 27.1.